The molecule has 0 amide bonds. The summed E-state index contributed by atoms with van der Waals surface area (Å²) < 4.78 is 33.6. The van der Waals surface area contributed by atoms with E-state index in [0.29, 0.717) is 30.9 Å². The lowest BCUT2D eigenvalue weighted by Crippen LogP contribution is -2.43. The van der Waals surface area contributed by atoms with Gasteiger partial charge >= 0.3 is 0 Å². The predicted octanol–water partition coefficient (Wildman–Crippen LogP) is 2.28. The van der Waals surface area contributed by atoms with Crippen LogP contribution in [0.25, 0.3) is 0 Å². The number of rotatable bonds is 2. The van der Waals surface area contributed by atoms with Crippen molar-refractivity contribution in [3.8, 4) is 5.75 Å². The topological polar surface area (TPSA) is 35.2 Å². The van der Waals surface area contributed by atoms with Gasteiger partial charge in [-0.3, -0.25) is 0 Å². The summed E-state index contributed by atoms with van der Waals surface area (Å²) in [7, 11) is 0. The largest absolute Gasteiger partial charge is 0.493 e. The standard InChI is InChI=1S/C13H15F2NO/c14-9-6-10-8(2-5-17-10)12(15)11(9)13(7-16)3-1-4-13/h6H,1-5,7,16H2. The van der Waals surface area contributed by atoms with Crippen LogP contribution in [0, 0.1) is 11.6 Å². The summed E-state index contributed by atoms with van der Waals surface area (Å²) >= 11 is 0. The van der Waals surface area contributed by atoms with Crippen LogP contribution in [0.5, 0.6) is 5.75 Å². The molecule has 1 aliphatic heterocycles. The molecule has 1 aromatic carbocycles. The van der Waals surface area contributed by atoms with E-state index >= 15 is 0 Å². The highest BCUT2D eigenvalue weighted by Gasteiger charge is 2.43. The van der Waals surface area contributed by atoms with E-state index < -0.39 is 17.0 Å². The second kappa shape index (κ2) is 3.67. The molecule has 1 fully saturated rings. The summed E-state index contributed by atoms with van der Waals surface area (Å²) in [5.41, 5.74) is 5.94. The van der Waals surface area contributed by atoms with Gasteiger partial charge < -0.3 is 10.5 Å². The predicted molar refractivity (Wildman–Crippen MR) is 60.1 cm³/mol. The molecule has 0 unspecified atom stereocenters. The summed E-state index contributed by atoms with van der Waals surface area (Å²) in [5.74, 6) is -0.578. The normalized spacial score (nSPS) is 20.6. The van der Waals surface area contributed by atoms with Crippen LogP contribution in [-0.4, -0.2) is 13.2 Å². The SMILES string of the molecule is NCC1(c2c(F)cc3c(c2F)CCO3)CCC1. The van der Waals surface area contributed by atoms with Crippen LogP contribution < -0.4 is 10.5 Å². The van der Waals surface area contributed by atoms with E-state index in [1.54, 1.807) is 0 Å². The fourth-order valence-corrected chi connectivity index (χ4v) is 2.91. The molecule has 1 aliphatic carbocycles. The second-order valence-electron chi connectivity index (χ2n) is 4.96. The average molecular weight is 239 g/mol. The van der Waals surface area contributed by atoms with Gasteiger partial charge in [0.1, 0.15) is 17.4 Å². The van der Waals surface area contributed by atoms with Crippen molar-refractivity contribution in [1.29, 1.82) is 0 Å². The minimum atomic E-state index is -0.506. The lowest BCUT2D eigenvalue weighted by atomic mass is 9.64. The third-order valence-electron chi connectivity index (χ3n) is 4.12. The highest BCUT2D eigenvalue weighted by Crippen LogP contribution is 2.47. The number of fused-ring (bicyclic) bond motifs is 1. The van der Waals surface area contributed by atoms with Crippen molar-refractivity contribution < 1.29 is 13.5 Å². The minimum Gasteiger partial charge on any atom is -0.493 e. The molecule has 0 saturated heterocycles. The van der Waals surface area contributed by atoms with E-state index in [-0.39, 0.29) is 5.56 Å². The number of nitrogens with two attached hydrogens (primary N) is 1. The Morgan fingerprint density at radius 3 is 2.71 bits per heavy atom. The summed E-state index contributed by atoms with van der Waals surface area (Å²) in [6, 6.07) is 1.32. The molecule has 0 spiro atoms. The zero-order valence-electron chi connectivity index (χ0n) is 9.56. The molecule has 2 aliphatic rings. The molecular weight excluding hydrogens is 224 g/mol. The third kappa shape index (κ3) is 1.40. The number of ether oxygens (including phenoxy) is 1. The van der Waals surface area contributed by atoms with Gasteiger partial charge in [0.05, 0.1) is 6.61 Å². The number of benzene rings is 1. The van der Waals surface area contributed by atoms with E-state index in [1.807, 2.05) is 0 Å². The Balaban J connectivity index is 2.17. The second-order valence-corrected chi connectivity index (χ2v) is 4.96. The van der Waals surface area contributed by atoms with E-state index in [9.17, 15) is 8.78 Å². The molecule has 3 rings (SSSR count). The van der Waals surface area contributed by atoms with Crippen molar-refractivity contribution in [3.05, 3.63) is 28.8 Å². The van der Waals surface area contributed by atoms with Gasteiger partial charge in [0.25, 0.3) is 0 Å². The number of halogens is 2. The van der Waals surface area contributed by atoms with Crippen LogP contribution in [0.3, 0.4) is 0 Å². The minimum absolute atomic E-state index is 0.190. The van der Waals surface area contributed by atoms with Crippen LogP contribution in [0.4, 0.5) is 8.78 Å². The maximum atomic E-state index is 14.4. The smallest absolute Gasteiger partial charge is 0.136 e. The van der Waals surface area contributed by atoms with Crippen molar-refractivity contribution in [2.24, 2.45) is 5.73 Å². The Hall–Kier alpha value is -1.16. The lowest BCUT2D eigenvalue weighted by Gasteiger charge is -2.41. The molecule has 0 bridgehead atoms. The maximum Gasteiger partial charge on any atom is 0.136 e. The van der Waals surface area contributed by atoms with Crippen molar-refractivity contribution >= 4 is 0 Å². The van der Waals surface area contributed by atoms with E-state index in [2.05, 4.69) is 0 Å². The first-order chi connectivity index (χ1) is 8.18. The molecular formula is C13H15F2NO. The highest BCUT2D eigenvalue weighted by atomic mass is 19.1. The van der Waals surface area contributed by atoms with Gasteiger partial charge in [-0.15, -0.1) is 0 Å². The Labute approximate surface area is 98.8 Å². The molecule has 0 atom stereocenters. The molecule has 2 nitrogen and oxygen atoms in total. The highest BCUT2D eigenvalue weighted by molar-refractivity contribution is 5.46. The van der Waals surface area contributed by atoms with Crippen molar-refractivity contribution in [2.45, 2.75) is 31.1 Å². The molecule has 1 heterocycles. The van der Waals surface area contributed by atoms with Gasteiger partial charge in [-0.2, -0.15) is 0 Å². The van der Waals surface area contributed by atoms with E-state index in [4.69, 9.17) is 10.5 Å². The van der Waals surface area contributed by atoms with Crippen molar-refractivity contribution in [2.75, 3.05) is 13.2 Å². The van der Waals surface area contributed by atoms with Crippen LogP contribution in [0.15, 0.2) is 6.07 Å². The van der Waals surface area contributed by atoms with Crippen molar-refractivity contribution in [3.63, 3.8) is 0 Å². The monoisotopic (exact) mass is 239 g/mol. The van der Waals surface area contributed by atoms with Gasteiger partial charge in [-0.05, 0) is 12.8 Å². The first-order valence-corrected chi connectivity index (χ1v) is 6.02. The van der Waals surface area contributed by atoms with Gasteiger partial charge in [-0.25, -0.2) is 8.78 Å². The lowest BCUT2D eigenvalue weighted by molar-refractivity contribution is 0.235. The molecule has 17 heavy (non-hydrogen) atoms. The summed E-state index contributed by atoms with van der Waals surface area (Å²) in [5, 5.41) is 0. The summed E-state index contributed by atoms with van der Waals surface area (Å²) in [6.45, 7) is 0.741. The first kappa shape index (κ1) is 11.0. The molecule has 0 aromatic heterocycles. The Morgan fingerprint density at radius 1 is 1.35 bits per heavy atom. The molecule has 1 aromatic rings. The zero-order chi connectivity index (χ0) is 12.0. The van der Waals surface area contributed by atoms with E-state index in [1.165, 1.54) is 6.07 Å². The van der Waals surface area contributed by atoms with Crippen LogP contribution in [0.1, 0.15) is 30.4 Å². The van der Waals surface area contributed by atoms with Crippen molar-refractivity contribution in [1.82, 2.24) is 0 Å². The Bertz CT molecular complexity index is 463. The van der Waals surface area contributed by atoms with Crippen LogP contribution >= 0.6 is 0 Å². The van der Waals surface area contributed by atoms with E-state index in [0.717, 1.165) is 19.3 Å². The zero-order valence-corrected chi connectivity index (χ0v) is 9.56. The summed E-state index contributed by atoms with van der Waals surface area (Å²) in [6.07, 6.45) is 3.06. The number of hydrogen-bond donors (Lipinski definition) is 1. The molecule has 4 heteroatoms. The molecule has 1 saturated carbocycles. The van der Waals surface area contributed by atoms with Crippen LogP contribution in [0.2, 0.25) is 0 Å². The van der Waals surface area contributed by atoms with Gasteiger partial charge in [0.2, 0.25) is 0 Å². The Kier molecular flexibility index (Phi) is 2.36. The molecule has 0 radical (unpaired) electrons. The maximum absolute atomic E-state index is 14.4. The quantitative estimate of drug-likeness (QED) is 0.859. The Morgan fingerprint density at radius 2 is 2.12 bits per heavy atom. The summed E-state index contributed by atoms with van der Waals surface area (Å²) in [4.78, 5) is 0. The van der Waals surface area contributed by atoms with Gasteiger partial charge in [0, 0.05) is 35.6 Å². The fourth-order valence-electron chi connectivity index (χ4n) is 2.91. The van der Waals surface area contributed by atoms with Gasteiger partial charge in [0.15, 0.2) is 0 Å². The molecule has 2 N–H and O–H groups in total. The fraction of sp³-hybridized carbons (Fsp3) is 0.538. The third-order valence-corrected chi connectivity index (χ3v) is 4.12. The van der Waals surface area contributed by atoms with Gasteiger partial charge in [-0.1, -0.05) is 6.42 Å². The first-order valence-electron chi connectivity index (χ1n) is 6.02. The molecule has 92 valence electrons. The van der Waals surface area contributed by atoms with Crippen LogP contribution in [-0.2, 0) is 11.8 Å². The number of hydrogen-bond acceptors (Lipinski definition) is 2. The average Bonchev–Trinajstić information content (AvgIpc) is 2.69.